The van der Waals surface area contributed by atoms with Crippen molar-refractivity contribution >= 4 is 0 Å². The Morgan fingerprint density at radius 2 is 1.44 bits per heavy atom. The van der Waals surface area contributed by atoms with Gasteiger partial charge in [0.2, 0.25) is 0 Å². The van der Waals surface area contributed by atoms with Gasteiger partial charge in [-0.2, -0.15) is 0 Å². The third-order valence-corrected chi connectivity index (χ3v) is 3.62. The maximum absolute atomic E-state index is 11.9. The fourth-order valence-electron chi connectivity index (χ4n) is 2.22. The van der Waals surface area contributed by atoms with Gasteiger partial charge in [0.25, 0.3) is 0 Å². The van der Waals surface area contributed by atoms with Crippen LogP contribution in [0, 0.1) is 5.92 Å². The first kappa shape index (κ1) is 17.9. The third kappa shape index (κ3) is 9.90. The first-order valence-corrected chi connectivity index (χ1v) is 8.03. The molecule has 0 aliphatic carbocycles. The predicted octanol–water partition coefficient (Wildman–Crippen LogP) is 5.34. The van der Waals surface area contributed by atoms with Crippen LogP contribution in [0.5, 0.6) is 0 Å². The summed E-state index contributed by atoms with van der Waals surface area (Å²) in [5.74, 6) is 0.213. The van der Waals surface area contributed by atoms with E-state index in [0.29, 0.717) is 6.61 Å². The molecular formula is C16H33O2. The molecule has 0 bridgehead atoms. The van der Waals surface area contributed by atoms with Gasteiger partial charge in [0.1, 0.15) is 0 Å². The van der Waals surface area contributed by atoms with Crippen LogP contribution in [-0.2, 0) is 9.84 Å². The molecule has 0 aromatic heterocycles. The van der Waals surface area contributed by atoms with Gasteiger partial charge in [0.05, 0.1) is 0 Å². The molecule has 0 aromatic rings. The highest BCUT2D eigenvalue weighted by Crippen LogP contribution is 2.18. The SMILES string of the molecule is CCCCCCCCOC([O])C(CC)CCCC. The van der Waals surface area contributed by atoms with E-state index in [1.165, 1.54) is 38.5 Å². The van der Waals surface area contributed by atoms with Crippen molar-refractivity contribution < 1.29 is 9.84 Å². The Balaban J connectivity index is 3.46. The van der Waals surface area contributed by atoms with Gasteiger partial charge in [0, 0.05) is 12.5 Å². The highest BCUT2D eigenvalue weighted by atomic mass is 16.6. The van der Waals surface area contributed by atoms with Crippen LogP contribution in [0.4, 0.5) is 0 Å². The minimum absolute atomic E-state index is 0.213. The summed E-state index contributed by atoms with van der Waals surface area (Å²) in [6, 6.07) is 0. The average molecular weight is 257 g/mol. The minimum atomic E-state index is -0.794. The van der Waals surface area contributed by atoms with E-state index in [4.69, 9.17) is 4.74 Å². The molecular weight excluding hydrogens is 224 g/mol. The van der Waals surface area contributed by atoms with E-state index < -0.39 is 6.29 Å². The maximum atomic E-state index is 11.9. The Hall–Kier alpha value is -0.0800. The highest BCUT2D eigenvalue weighted by molar-refractivity contribution is 4.60. The van der Waals surface area contributed by atoms with Crippen LogP contribution in [0.1, 0.15) is 85.0 Å². The number of rotatable bonds is 13. The van der Waals surface area contributed by atoms with E-state index >= 15 is 0 Å². The zero-order chi connectivity index (χ0) is 13.6. The monoisotopic (exact) mass is 257 g/mol. The lowest BCUT2D eigenvalue weighted by molar-refractivity contribution is -0.174. The van der Waals surface area contributed by atoms with E-state index in [9.17, 15) is 5.11 Å². The lowest BCUT2D eigenvalue weighted by Crippen LogP contribution is -2.22. The molecule has 0 saturated heterocycles. The molecule has 0 saturated carbocycles. The zero-order valence-electron chi connectivity index (χ0n) is 12.7. The van der Waals surface area contributed by atoms with Crippen LogP contribution in [-0.4, -0.2) is 12.9 Å². The van der Waals surface area contributed by atoms with E-state index in [1.54, 1.807) is 0 Å². The number of hydrogen-bond acceptors (Lipinski definition) is 1. The first-order valence-electron chi connectivity index (χ1n) is 8.03. The summed E-state index contributed by atoms with van der Waals surface area (Å²) in [6.07, 6.45) is 11.0. The molecule has 0 aliphatic heterocycles. The van der Waals surface area contributed by atoms with Gasteiger partial charge >= 0.3 is 0 Å². The second-order valence-electron chi connectivity index (χ2n) is 5.32. The second-order valence-corrected chi connectivity index (χ2v) is 5.32. The van der Waals surface area contributed by atoms with Crippen LogP contribution in [0.2, 0.25) is 0 Å². The van der Waals surface area contributed by atoms with Crippen molar-refractivity contribution in [1.29, 1.82) is 0 Å². The topological polar surface area (TPSA) is 29.1 Å². The van der Waals surface area contributed by atoms with E-state index in [-0.39, 0.29) is 5.92 Å². The van der Waals surface area contributed by atoms with Crippen molar-refractivity contribution in [2.24, 2.45) is 5.92 Å². The molecule has 2 nitrogen and oxygen atoms in total. The van der Waals surface area contributed by atoms with Crippen LogP contribution >= 0.6 is 0 Å². The van der Waals surface area contributed by atoms with Crippen LogP contribution in [0.25, 0.3) is 0 Å². The Morgan fingerprint density at radius 1 is 0.833 bits per heavy atom. The summed E-state index contributed by atoms with van der Waals surface area (Å²) in [5.41, 5.74) is 0. The first-order chi connectivity index (χ1) is 8.76. The quantitative estimate of drug-likeness (QED) is 0.323. The minimum Gasteiger partial charge on any atom is -0.349 e. The molecule has 0 fully saturated rings. The molecule has 0 spiro atoms. The molecule has 0 aliphatic rings. The Morgan fingerprint density at radius 3 is 2.06 bits per heavy atom. The van der Waals surface area contributed by atoms with Crippen LogP contribution < -0.4 is 0 Å². The molecule has 1 radical (unpaired) electrons. The molecule has 109 valence electrons. The Bertz CT molecular complexity index is 159. The number of hydrogen-bond donors (Lipinski definition) is 0. The molecule has 0 N–H and O–H groups in total. The molecule has 0 aromatic carbocycles. The van der Waals surface area contributed by atoms with Gasteiger partial charge in [-0.25, -0.2) is 5.11 Å². The molecule has 2 unspecified atom stereocenters. The lowest BCUT2D eigenvalue weighted by atomic mass is 9.99. The Kier molecular flexibility index (Phi) is 13.3. The van der Waals surface area contributed by atoms with Gasteiger partial charge < -0.3 is 4.74 Å². The van der Waals surface area contributed by atoms with E-state index in [0.717, 1.165) is 25.7 Å². The largest absolute Gasteiger partial charge is 0.349 e. The molecule has 0 rings (SSSR count). The number of ether oxygens (including phenoxy) is 1. The van der Waals surface area contributed by atoms with Crippen molar-refractivity contribution in [2.75, 3.05) is 6.61 Å². The molecule has 2 heteroatoms. The molecule has 2 atom stereocenters. The summed E-state index contributed by atoms with van der Waals surface area (Å²) in [6.45, 7) is 7.15. The van der Waals surface area contributed by atoms with Crippen molar-refractivity contribution in [3.8, 4) is 0 Å². The molecule has 0 heterocycles. The third-order valence-electron chi connectivity index (χ3n) is 3.62. The maximum Gasteiger partial charge on any atom is 0.194 e. The fourth-order valence-corrected chi connectivity index (χ4v) is 2.22. The normalized spacial score (nSPS) is 14.7. The molecule has 0 amide bonds. The van der Waals surface area contributed by atoms with Crippen molar-refractivity contribution in [2.45, 2.75) is 91.3 Å². The van der Waals surface area contributed by atoms with Crippen LogP contribution in [0.15, 0.2) is 0 Å². The van der Waals surface area contributed by atoms with Crippen molar-refractivity contribution in [3.05, 3.63) is 0 Å². The van der Waals surface area contributed by atoms with Crippen LogP contribution in [0.3, 0.4) is 0 Å². The van der Waals surface area contributed by atoms with E-state index in [1.807, 2.05) is 0 Å². The smallest absolute Gasteiger partial charge is 0.194 e. The number of unbranched alkanes of at least 4 members (excludes halogenated alkanes) is 6. The summed E-state index contributed by atoms with van der Waals surface area (Å²) >= 11 is 0. The lowest BCUT2D eigenvalue weighted by Gasteiger charge is -2.19. The van der Waals surface area contributed by atoms with Gasteiger partial charge in [-0.3, -0.25) is 0 Å². The molecule has 18 heavy (non-hydrogen) atoms. The Labute approximate surface area is 114 Å². The van der Waals surface area contributed by atoms with Crippen molar-refractivity contribution in [1.82, 2.24) is 0 Å². The summed E-state index contributed by atoms with van der Waals surface area (Å²) in [7, 11) is 0. The van der Waals surface area contributed by atoms with Crippen molar-refractivity contribution in [3.63, 3.8) is 0 Å². The highest BCUT2D eigenvalue weighted by Gasteiger charge is 2.18. The second kappa shape index (κ2) is 13.4. The average Bonchev–Trinajstić information content (AvgIpc) is 2.38. The van der Waals surface area contributed by atoms with Gasteiger partial charge in [0.15, 0.2) is 6.29 Å². The zero-order valence-corrected chi connectivity index (χ0v) is 12.7. The summed E-state index contributed by atoms with van der Waals surface area (Å²) in [4.78, 5) is 0. The van der Waals surface area contributed by atoms with Gasteiger partial charge in [-0.1, -0.05) is 65.7 Å². The van der Waals surface area contributed by atoms with Gasteiger partial charge in [-0.05, 0) is 19.3 Å². The predicted molar refractivity (Wildman–Crippen MR) is 77.1 cm³/mol. The fraction of sp³-hybridized carbons (Fsp3) is 1.00. The summed E-state index contributed by atoms with van der Waals surface area (Å²) in [5, 5.41) is 11.9. The standard InChI is InChI=1S/C16H33O2/c1-4-7-9-10-11-12-14-18-16(17)15(6-3)13-8-5-2/h15-16H,4-14H2,1-3H3. The van der Waals surface area contributed by atoms with Gasteiger partial charge in [-0.15, -0.1) is 0 Å². The van der Waals surface area contributed by atoms with E-state index in [2.05, 4.69) is 20.8 Å². The summed E-state index contributed by atoms with van der Waals surface area (Å²) < 4.78 is 5.44.